The molecule has 20 heavy (non-hydrogen) atoms. The van der Waals surface area contributed by atoms with Gasteiger partial charge in [0.05, 0.1) is 0 Å². The molecule has 4 nitrogen and oxygen atoms in total. The molecule has 1 N–H and O–H groups in total. The molecule has 0 fully saturated rings. The van der Waals surface area contributed by atoms with Crippen LogP contribution in [0.1, 0.15) is 69.0 Å². The number of carbonyl (C=O) groups is 1. The van der Waals surface area contributed by atoms with Gasteiger partial charge in [-0.25, -0.2) is 4.79 Å². The monoisotopic (exact) mass is 280 g/mol. The molecule has 0 saturated heterocycles. The molecule has 0 amide bonds. The maximum Gasteiger partial charge on any atom is 0.350 e. The molecule has 1 atom stereocenters. The van der Waals surface area contributed by atoms with Crippen molar-refractivity contribution >= 4 is 5.78 Å². The number of carbonyl (C=O) groups excluding carboxylic acids is 1. The molecule has 1 heterocycles. The molecule has 0 radical (unpaired) electrons. The second-order valence-corrected chi connectivity index (χ2v) is 4.24. The van der Waals surface area contributed by atoms with Crippen LogP contribution in [0, 0.1) is 0 Å². The topological polar surface area (TPSA) is 67.5 Å². The Morgan fingerprint density at radius 3 is 2.55 bits per heavy atom. The van der Waals surface area contributed by atoms with E-state index in [2.05, 4.69) is 6.58 Å². The molecule has 0 aromatic carbocycles. The molecule has 0 bridgehead atoms. The van der Waals surface area contributed by atoms with E-state index in [4.69, 9.17) is 4.42 Å². The van der Waals surface area contributed by atoms with Gasteiger partial charge in [-0.15, -0.1) is 6.58 Å². The summed E-state index contributed by atoms with van der Waals surface area (Å²) >= 11 is 0. The minimum atomic E-state index is -0.762. The lowest BCUT2D eigenvalue weighted by molar-refractivity contribution is 0.0980. The van der Waals surface area contributed by atoms with Crippen molar-refractivity contribution in [3.05, 3.63) is 40.5 Å². The summed E-state index contributed by atoms with van der Waals surface area (Å²) in [5.41, 5.74) is -1.01. The molecule has 4 heteroatoms. The largest absolute Gasteiger partial charge is 0.507 e. The molecule has 1 aromatic rings. The van der Waals surface area contributed by atoms with E-state index in [1.807, 2.05) is 20.8 Å². The van der Waals surface area contributed by atoms with Crippen LogP contribution in [-0.4, -0.2) is 10.9 Å². The third-order valence-electron chi connectivity index (χ3n) is 2.84. The quantitative estimate of drug-likeness (QED) is 0.631. The first kappa shape index (κ1) is 18.2. The van der Waals surface area contributed by atoms with Crippen LogP contribution in [0.2, 0.25) is 0 Å². The van der Waals surface area contributed by atoms with Crippen molar-refractivity contribution in [2.75, 3.05) is 0 Å². The van der Waals surface area contributed by atoms with Crippen molar-refractivity contribution in [1.29, 1.82) is 0 Å². The summed E-state index contributed by atoms with van der Waals surface area (Å²) in [5.74, 6) is -0.315. The lowest BCUT2D eigenvalue weighted by atomic mass is 10.0. The van der Waals surface area contributed by atoms with E-state index in [-0.39, 0.29) is 23.7 Å². The van der Waals surface area contributed by atoms with Gasteiger partial charge < -0.3 is 9.52 Å². The fraction of sp³-hybridized carbons (Fsp3) is 0.500. The number of aromatic hydroxyl groups is 1. The first-order valence-corrected chi connectivity index (χ1v) is 7.02. The average Bonchev–Trinajstić information content (AvgIpc) is 2.45. The fourth-order valence-corrected chi connectivity index (χ4v) is 1.69. The van der Waals surface area contributed by atoms with Gasteiger partial charge in [0, 0.05) is 18.4 Å². The van der Waals surface area contributed by atoms with Gasteiger partial charge in [0.15, 0.2) is 5.78 Å². The number of rotatable bonds is 6. The minimum absolute atomic E-state index is 0.00706. The van der Waals surface area contributed by atoms with Gasteiger partial charge in [0.25, 0.3) is 0 Å². The Bertz CT molecular complexity index is 500. The predicted octanol–water partition coefficient (Wildman–Crippen LogP) is 4.03. The molecule has 112 valence electrons. The van der Waals surface area contributed by atoms with Crippen LogP contribution in [0.15, 0.2) is 27.9 Å². The molecule has 1 rings (SSSR count). The zero-order chi connectivity index (χ0) is 15.7. The number of hydrogen-bond donors (Lipinski definition) is 1. The highest BCUT2D eigenvalue weighted by molar-refractivity contribution is 5.97. The lowest BCUT2D eigenvalue weighted by Crippen LogP contribution is -2.15. The third-order valence-corrected chi connectivity index (χ3v) is 2.84. The number of Topliss-reactive ketones (excluding diaryl/α,β-unsaturated/α-hetero) is 1. The first-order valence-electron chi connectivity index (χ1n) is 7.02. The summed E-state index contributed by atoms with van der Waals surface area (Å²) in [5, 5.41) is 9.75. The highest BCUT2D eigenvalue weighted by atomic mass is 16.4. The van der Waals surface area contributed by atoms with Crippen molar-refractivity contribution in [2.24, 2.45) is 0 Å². The molecule has 0 saturated carbocycles. The third kappa shape index (κ3) is 4.68. The van der Waals surface area contributed by atoms with E-state index in [0.717, 1.165) is 12.8 Å². The van der Waals surface area contributed by atoms with E-state index in [9.17, 15) is 14.7 Å². The Morgan fingerprint density at radius 1 is 1.50 bits per heavy atom. The van der Waals surface area contributed by atoms with Crippen LogP contribution < -0.4 is 5.63 Å². The van der Waals surface area contributed by atoms with Crippen LogP contribution >= 0.6 is 0 Å². The summed E-state index contributed by atoms with van der Waals surface area (Å²) in [6.07, 6.45) is 3.50. The van der Waals surface area contributed by atoms with Gasteiger partial charge in [-0.2, -0.15) is 0 Å². The van der Waals surface area contributed by atoms with Crippen molar-refractivity contribution in [3.63, 3.8) is 0 Å². The zero-order valence-corrected chi connectivity index (χ0v) is 12.7. The summed E-state index contributed by atoms with van der Waals surface area (Å²) < 4.78 is 5.10. The zero-order valence-electron chi connectivity index (χ0n) is 12.7. The lowest BCUT2D eigenvalue weighted by Gasteiger charge is -2.10. The number of ketones is 1. The molecule has 0 aliphatic carbocycles. The standard InChI is InChI=1S/C14H18O4.C2H6/c1-4-6-7-9(3)12-8-11(16)13(10(15)5-2)14(17)18-12;1-2/h4,8-9,16H,1,5-7H2,2-3H3;1-2H3. The molecule has 0 aliphatic heterocycles. The van der Waals surface area contributed by atoms with Crippen LogP contribution in [0.25, 0.3) is 0 Å². The fourth-order valence-electron chi connectivity index (χ4n) is 1.69. The molecule has 0 aliphatic rings. The average molecular weight is 280 g/mol. The first-order chi connectivity index (χ1) is 9.51. The number of allylic oxidation sites excluding steroid dienone is 1. The molecular formula is C16H24O4. The van der Waals surface area contributed by atoms with Crippen LogP contribution in [0.4, 0.5) is 0 Å². The van der Waals surface area contributed by atoms with Crippen molar-refractivity contribution in [2.45, 2.75) is 52.9 Å². The van der Waals surface area contributed by atoms with Crippen molar-refractivity contribution in [1.82, 2.24) is 0 Å². The van der Waals surface area contributed by atoms with Gasteiger partial charge in [0.1, 0.15) is 17.1 Å². The second-order valence-electron chi connectivity index (χ2n) is 4.24. The van der Waals surface area contributed by atoms with Gasteiger partial charge >= 0.3 is 5.63 Å². The maximum atomic E-state index is 11.7. The Kier molecular flexibility index (Phi) is 8.29. The Labute approximate surface area is 120 Å². The van der Waals surface area contributed by atoms with E-state index in [1.54, 1.807) is 13.0 Å². The number of hydrogen-bond acceptors (Lipinski definition) is 4. The summed E-state index contributed by atoms with van der Waals surface area (Å²) in [4.78, 5) is 23.1. The Morgan fingerprint density at radius 2 is 2.10 bits per heavy atom. The van der Waals surface area contributed by atoms with E-state index >= 15 is 0 Å². The highest BCUT2D eigenvalue weighted by Crippen LogP contribution is 2.25. The van der Waals surface area contributed by atoms with Crippen LogP contribution in [0.5, 0.6) is 5.75 Å². The molecular weight excluding hydrogens is 256 g/mol. The van der Waals surface area contributed by atoms with E-state index in [0.29, 0.717) is 5.76 Å². The van der Waals surface area contributed by atoms with Crippen molar-refractivity contribution in [3.8, 4) is 5.75 Å². The normalized spacial score (nSPS) is 11.2. The maximum absolute atomic E-state index is 11.7. The smallest absolute Gasteiger partial charge is 0.350 e. The summed E-state index contributed by atoms with van der Waals surface area (Å²) in [6, 6.07) is 1.36. The van der Waals surface area contributed by atoms with Crippen LogP contribution in [0.3, 0.4) is 0 Å². The Hall–Kier alpha value is -1.84. The molecule has 0 spiro atoms. The molecule has 1 aromatic heterocycles. The van der Waals surface area contributed by atoms with Crippen LogP contribution in [-0.2, 0) is 0 Å². The highest BCUT2D eigenvalue weighted by Gasteiger charge is 2.19. The van der Waals surface area contributed by atoms with Gasteiger partial charge in [-0.05, 0) is 12.8 Å². The van der Waals surface area contributed by atoms with E-state index in [1.165, 1.54) is 6.07 Å². The Balaban J connectivity index is 0.00000172. The minimum Gasteiger partial charge on any atom is -0.507 e. The second kappa shape index (κ2) is 9.13. The SMILES string of the molecule is C=CCCC(C)c1cc(O)c(C(=O)CC)c(=O)o1.CC. The van der Waals surface area contributed by atoms with Gasteiger partial charge in [-0.1, -0.05) is 33.8 Å². The van der Waals surface area contributed by atoms with Gasteiger partial charge in [-0.3, -0.25) is 4.79 Å². The summed E-state index contributed by atoms with van der Waals surface area (Å²) in [6.45, 7) is 11.1. The van der Waals surface area contributed by atoms with Crippen molar-refractivity contribution < 1.29 is 14.3 Å². The van der Waals surface area contributed by atoms with Gasteiger partial charge in [0.2, 0.25) is 0 Å². The van der Waals surface area contributed by atoms with E-state index < -0.39 is 11.4 Å². The predicted molar refractivity (Wildman–Crippen MR) is 80.5 cm³/mol. The summed E-state index contributed by atoms with van der Waals surface area (Å²) in [7, 11) is 0. The molecule has 1 unspecified atom stereocenters.